The van der Waals surface area contributed by atoms with E-state index in [0.29, 0.717) is 38.8 Å². The van der Waals surface area contributed by atoms with Crippen molar-refractivity contribution in [1.29, 1.82) is 0 Å². The molecule has 0 radical (unpaired) electrons. The molecule has 1 saturated heterocycles. The van der Waals surface area contributed by atoms with Crippen molar-refractivity contribution in [2.24, 2.45) is 5.41 Å². The lowest BCUT2D eigenvalue weighted by Gasteiger charge is -2.38. The van der Waals surface area contributed by atoms with Gasteiger partial charge in [0, 0.05) is 19.7 Å². The van der Waals surface area contributed by atoms with Crippen LogP contribution in [0.5, 0.6) is 0 Å². The predicted octanol–water partition coefficient (Wildman–Crippen LogP) is 2.26. The molecule has 6 nitrogen and oxygen atoms in total. The Labute approximate surface area is 135 Å². The van der Waals surface area contributed by atoms with Gasteiger partial charge in [0.15, 0.2) is 0 Å². The van der Waals surface area contributed by atoms with E-state index in [1.807, 2.05) is 30.3 Å². The maximum absolute atomic E-state index is 12.6. The largest absolute Gasteiger partial charge is 0.465 e. The van der Waals surface area contributed by atoms with Gasteiger partial charge < -0.3 is 19.8 Å². The van der Waals surface area contributed by atoms with Gasteiger partial charge in [0.2, 0.25) is 0 Å². The smallest absolute Gasteiger partial charge is 0.407 e. The highest BCUT2D eigenvalue weighted by molar-refractivity contribution is 5.77. The second kappa shape index (κ2) is 7.97. The van der Waals surface area contributed by atoms with Crippen molar-refractivity contribution >= 4 is 12.1 Å². The Morgan fingerprint density at radius 1 is 1.17 bits per heavy atom. The molecule has 1 aliphatic rings. The van der Waals surface area contributed by atoms with E-state index in [-0.39, 0.29) is 19.2 Å². The van der Waals surface area contributed by atoms with Gasteiger partial charge in [-0.05, 0) is 31.2 Å². The third kappa shape index (κ3) is 4.45. The standard InChI is InChI=1S/C17H23NO5/c19-12-4-7-17(8-10-18(11-9-17)16(21)22)15(20)23-13-14-5-2-1-3-6-14/h1-3,5-6,19H,4,7-13H2,(H,21,22). The molecule has 0 aromatic heterocycles. The van der Waals surface area contributed by atoms with Gasteiger partial charge >= 0.3 is 12.1 Å². The number of ether oxygens (including phenoxy) is 1. The zero-order valence-electron chi connectivity index (χ0n) is 13.1. The van der Waals surface area contributed by atoms with Crippen LogP contribution in [-0.4, -0.2) is 46.9 Å². The molecule has 1 aromatic carbocycles. The minimum absolute atomic E-state index is 0.0103. The first-order chi connectivity index (χ1) is 11.1. The molecule has 1 aliphatic heterocycles. The molecular formula is C17H23NO5. The molecule has 23 heavy (non-hydrogen) atoms. The molecule has 1 heterocycles. The van der Waals surface area contributed by atoms with E-state index in [1.54, 1.807) is 0 Å². The fraction of sp³-hybridized carbons (Fsp3) is 0.529. The molecule has 1 fully saturated rings. The summed E-state index contributed by atoms with van der Waals surface area (Å²) in [6.07, 6.45) is 0.941. The maximum Gasteiger partial charge on any atom is 0.407 e. The van der Waals surface area contributed by atoms with E-state index >= 15 is 0 Å². The Kier molecular flexibility index (Phi) is 5.98. The van der Waals surface area contributed by atoms with E-state index in [2.05, 4.69) is 0 Å². The molecule has 1 amide bonds. The van der Waals surface area contributed by atoms with Crippen molar-refractivity contribution in [3.8, 4) is 0 Å². The molecule has 0 aliphatic carbocycles. The molecule has 2 rings (SSSR count). The van der Waals surface area contributed by atoms with Gasteiger partial charge in [-0.2, -0.15) is 0 Å². The third-order valence-electron chi connectivity index (χ3n) is 4.45. The van der Waals surface area contributed by atoms with Crippen LogP contribution in [-0.2, 0) is 16.1 Å². The Morgan fingerprint density at radius 3 is 2.39 bits per heavy atom. The normalized spacial score (nSPS) is 16.8. The summed E-state index contributed by atoms with van der Waals surface area (Å²) >= 11 is 0. The number of piperidine rings is 1. The zero-order chi connectivity index (χ0) is 16.7. The minimum atomic E-state index is -0.960. The third-order valence-corrected chi connectivity index (χ3v) is 4.45. The second-order valence-corrected chi connectivity index (χ2v) is 5.94. The zero-order valence-corrected chi connectivity index (χ0v) is 13.1. The Hall–Kier alpha value is -2.08. The van der Waals surface area contributed by atoms with E-state index in [9.17, 15) is 9.59 Å². The summed E-state index contributed by atoms with van der Waals surface area (Å²) in [4.78, 5) is 25.0. The highest BCUT2D eigenvalue weighted by atomic mass is 16.5. The Bertz CT molecular complexity index is 523. The van der Waals surface area contributed by atoms with E-state index in [0.717, 1.165) is 5.56 Å². The van der Waals surface area contributed by atoms with Gasteiger partial charge in [-0.1, -0.05) is 30.3 Å². The van der Waals surface area contributed by atoms with Crippen LogP contribution >= 0.6 is 0 Å². The summed E-state index contributed by atoms with van der Waals surface area (Å²) in [6.45, 7) is 0.863. The van der Waals surface area contributed by atoms with E-state index in [4.69, 9.17) is 14.9 Å². The number of carbonyl (C=O) groups is 2. The van der Waals surface area contributed by atoms with Crippen molar-refractivity contribution in [1.82, 2.24) is 4.90 Å². The fourth-order valence-corrected chi connectivity index (χ4v) is 2.98. The van der Waals surface area contributed by atoms with Crippen LogP contribution in [0.4, 0.5) is 4.79 Å². The molecule has 0 unspecified atom stereocenters. The molecule has 2 N–H and O–H groups in total. The SMILES string of the molecule is O=C(O)N1CCC(CCCO)(C(=O)OCc2ccccc2)CC1. The lowest BCUT2D eigenvalue weighted by molar-refractivity contribution is -0.161. The van der Waals surface area contributed by atoms with Crippen LogP contribution in [0.3, 0.4) is 0 Å². The molecule has 0 atom stereocenters. The molecule has 0 spiro atoms. The van der Waals surface area contributed by atoms with Gasteiger partial charge in [0.25, 0.3) is 0 Å². The first-order valence-corrected chi connectivity index (χ1v) is 7.87. The average molecular weight is 321 g/mol. The lowest BCUT2D eigenvalue weighted by atomic mass is 9.75. The Balaban J connectivity index is 1.99. The van der Waals surface area contributed by atoms with Crippen LogP contribution in [0.25, 0.3) is 0 Å². The number of rotatable bonds is 6. The van der Waals surface area contributed by atoms with Crippen molar-refractivity contribution in [2.75, 3.05) is 19.7 Å². The van der Waals surface area contributed by atoms with E-state index in [1.165, 1.54) is 4.90 Å². The van der Waals surface area contributed by atoms with Gasteiger partial charge in [0.1, 0.15) is 6.61 Å². The first-order valence-electron chi connectivity index (χ1n) is 7.87. The van der Waals surface area contributed by atoms with Crippen molar-refractivity contribution in [3.63, 3.8) is 0 Å². The summed E-state index contributed by atoms with van der Waals surface area (Å²) in [6, 6.07) is 9.45. The summed E-state index contributed by atoms with van der Waals surface area (Å²) in [5.41, 5.74) is 0.227. The number of hydrogen-bond donors (Lipinski definition) is 2. The highest BCUT2D eigenvalue weighted by Crippen LogP contribution is 2.37. The van der Waals surface area contributed by atoms with Gasteiger partial charge in [0.05, 0.1) is 5.41 Å². The van der Waals surface area contributed by atoms with Crippen LogP contribution in [0.2, 0.25) is 0 Å². The number of carboxylic acid groups (broad SMARTS) is 1. The van der Waals surface area contributed by atoms with Gasteiger partial charge in [-0.15, -0.1) is 0 Å². The number of carbonyl (C=O) groups excluding carboxylic acids is 1. The maximum atomic E-state index is 12.6. The molecule has 126 valence electrons. The van der Waals surface area contributed by atoms with Crippen LogP contribution in [0.15, 0.2) is 30.3 Å². The molecule has 0 saturated carbocycles. The first kappa shape index (κ1) is 17.3. The molecule has 1 aromatic rings. The van der Waals surface area contributed by atoms with Crippen molar-refractivity contribution in [3.05, 3.63) is 35.9 Å². The quantitative estimate of drug-likeness (QED) is 0.785. The van der Waals surface area contributed by atoms with Crippen molar-refractivity contribution in [2.45, 2.75) is 32.3 Å². The van der Waals surface area contributed by atoms with Crippen LogP contribution in [0, 0.1) is 5.41 Å². The lowest BCUT2D eigenvalue weighted by Crippen LogP contribution is -2.46. The monoisotopic (exact) mass is 321 g/mol. The summed E-state index contributed by atoms with van der Waals surface area (Å²) in [5, 5.41) is 18.1. The summed E-state index contributed by atoms with van der Waals surface area (Å²) < 4.78 is 5.48. The number of esters is 1. The number of amides is 1. The number of hydrogen-bond acceptors (Lipinski definition) is 4. The molecule has 0 bridgehead atoms. The fourth-order valence-electron chi connectivity index (χ4n) is 2.98. The number of benzene rings is 1. The number of aliphatic hydroxyl groups excluding tert-OH is 1. The number of nitrogens with zero attached hydrogens (tertiary/aromatic N) is 1. The summed E-state index contributed by atoms with van der Waals surface area (Å²) in [7, 11) is 0. The molecule has 6 heteroatoms. The second-order valence-electron chi connectivity index (χ2n) is 5.94. The minimum Gasteiger partial charge on any atom is -0.465 e. The van der Waals surface area contributed by atoms with Crippen LogP contribution in [0.1, 0.15) is 31.2 Å². The van der Waals surface area contributed by atoms with E-state index < -0.39 is 11.5 Å². The van der Waals surface area contributed by atoms with Crippen LogP contribution < -0.4 is 0 Å². The van der Waals surface area contributed by atoms with Crippen molar-refractivity contribution < 1.29 is 24.5 Å². The summed E-state index contributed by atoms with van der Waals surface area (Å²) in [5.74, 6) is -0.292. The predicted molar refractivity (Wildman–Crippen MR) is 83.8 cm³/mol. The number of likely N-dealkylation sites (tertiary alicyclic amines) is 1. The topological polar surface area (TPSA) is 87.1 Å². The average Bonchev–Trinajstić information content (AvgIpc) is 2.59. The Morgan fingerprint density at radius 2 is 1.83 bits per heavy atom. The highest BCUT2D eigenvalue weighted by Gasteiger charge is 2.43. The number of aliphatic hydroxyl groups is 1. The molecular weight excluding hydrogens is 298 g/mol. The van der Waals surface area contributed by atoms with Gasteiger partial charge in [-0.3, -0.25) is 4.79 Å². The van der Waals surface area contributed by atoms with Gasteiger partial charge in [-0.25, -0.2) is 4.79 Å².